The summed E-state index contributed by atoms with van der Waals surface area (Å²) in [6.07, 6.45) is -0.0689. The molecule has 0 spiro atoms. The SMILES string of the molecule is O=C1CC=C(C(O)O)C(c2ccc(F)c(F)c2)C1. The summed E-state index contributed by atoms with van der Waals surface area (Å²) in [6.45, 7) is 0. The molecule has 1 atom stereocenters. The number of carbonyl (C=O) groups excluding carboxylic acids is 1. The van der Waals surface area contributed by atoms with Crippen molar-refractivity contribution in [3.05, 3.63) is 47.0 Å². The van der Waals surface area contributed by atoms with E-state index in [1.807, 2.05) is 0 Å². The van der Waals surface area contributed by atoms with E-state index >= 15 is 0 Å². The molecular formula is C13H12F2O3. The zero-order valence-corrected chi connectivity index (χ0v) is 9.44. The maximum absolute atomic E-state index is 13.2. The largest absolute Gasteiger partial charge is 0.365 e. The van der Waals surface area contributed by atoms with E-state index in [4.69, 9.17) is 0 Å². The van der Waals surface area contributed by atoms with E-state index in [0.29, 0.717) is 5.56 Å². The highest BCUT2D eigenvalue weighted by Crippen LogP contribution is 2.34. The molecule has 2 N–H and O–H groups in total. The van der Waals surface area contributed by atoms with Crippen LogP contribution in [-0.2, 0) is 4.79 Å². The number of rotatable bonds is 2. The van der Waals surface area contributed by atoms with Gasteiger partial charge in [-0.3, -0.25) is 4.79 Å². The Morgan fingerprint density at radius 2 is 1.94 bits per heavy atom. The fourth-order valence-corrected chi connectivity index (χ4v) is 2.13. The highest BCUT2D eigenvalue weighted by molar-refractivity contribution is 5.83. The molecule has 0 radical (unpaired) electrons. The van der Waals surface area contributed by atoms with E-state index in [2.05, 4.69) is 0 Å². The summed E-state index contributed by atoms with van der Waals surface area (Å²) in [5.74, 6) is -2.68. The van der Waals surface area contributed by atoms with Gasteiger partial charge >= 0.3 is 0 Å². The minimum Gasteiger partial charge on any atom is -0.365 e. The van der Waals surface area contributed by atoms with Gasteiger partial charge in [0.1, 0.15) is 5.78 Å². The van der Waals surface area contributed by atoms with Gasteiger partial charge in [0, 0.05) is 18.8 Å². The molecule has 3 nitrogen and oxygen atoms in total. The second kappa shape index (κ2) is 4.96. The zero-order valence-electron chi connectivity index (χ0n) is 9.44. The van der Waals surface area contributed by atoms with E-state index in [-0.39, 0.29) is 24.2 Å². The minimum atomic E-state index is -1.70. The van der Waals surface area contributed by atoms with Gasteiger partial charge < -0.3 is 10.2 Å². The van der Waals surface area contributed by atoms with Gasteiger partial charge in [0.25, 0.3) is 0 Å². The van der Waals surface area contributed by atoms with Crippen molar-refractivity contribution >= 4 is 5.78 Å². The predicted molar refractivity (Wildman–Crippen MR) is 59.6 cm³/mol. The molecule has 0 heterocycles. The standard InChI is InChI=1S/C13H12F2O3/c14-11-4-1-7(5-12(11)15)10-6-8(16)2-3-9(10)13(17)18/h1,3-5,10,13,17-18H,2,6H2. The second-order valence-electron chi connectivity index (χ2n) is 4.25. The van der Waals surface area contributed by atoms with Crippen LogP contribution < -0.4 is 0 Å². The molecule has 0 fully saturated rings. The monoisotopic (exact) mass is 254 g/mol. The van der Waals surface area contributed by atoms with Crippen LogP contribution in [0.15, 0.2) is 29.8 Å². The van der Waals surface area contributed by atoms with Crippen LogP contribution in [-0.4, -0.2) is 22.3 Å². The predicted octanol–water partition coefficient (Wildman–Crippen LogP) is 1.65. The maximum atomic E-state index is 13.2. The van der Waals surface area contributed by atoms with Crippen LogP contribution in [0.4, 0.5) is 8.78 Å². The van der Waals surface area contributed by atoms with E-state index in [1.54, 1.807) is 0 Å². The Morgan fingerprint density at radius 3 is 2.56 bits per heavy atom. The molecular weight excluding hydrogens is 242 g/mol. The van der Waals surface area contributed by atoms with Crippen molar-refractivity contribution in [2.24, 2.45) is 0 Å². The molecule has 0 aromatic heterocycles. The molecule has 96 valence electrons. The molecule has 1 aromatic carbocycles. The Kier molecular flexibility index (Phi) is 3.54. The van der Waals surface area contributed by atoms with Gasteiger partial charge in [-0.15, -0.1) is 0 Å². The lowest BCUT2D eigenvalue weighted by molar-refractivity contribution is -0.119. The van der Waals surface area contributed by atoms with E-state index < -0.39 is 23.8 Å². The van der Waals surface area contributed by atoms with Gasteiger partial charge in [-0.25, -0.2) is 8.78 Å². The molecule has 1 aliphatic carbocycles. The van der Waals surface area contributed by atoms with Crippen LogP contribution >= 0.6 is 0 Å². The van der Waals surface area contributed by atoms with Gasteiger partial charge in [0.15, 0.2) is 17.9 Å². The molecule has 0 saturated carbocycles. The second-order valence-corrected chi connectivity index (χ2v) is 4.25. The van der Waals surface area contributed by atoms with Crippen molar-refractivity contribution in [1.29, 1.82) is 0 Å². The van der Waals surface area contributed by atoms with Gasteiger partial charge in [0.2, 0.25) is 0 Å². The van der Waals surface area contributed by atoms with E-state index in [9.17, 15) is 23.8 Å². The van der Waals surface area contributed by atoms with Crippen molar-refractivity contribution < 1.29 is 23.8 Å². The molecule has 1 unspecified atom stereocenters. The third-order valence-electron chi connectivity index (χ3n) is 3.04. The van der Waals surface area contributed by atoms with Crippen molar-refractivity contribution in [1.82, 2.24) is 0 Å². The summed E-state index contributed by atoms with van der Waals surface area (Å²) in [5.41, 5.74) is 0.613. The first-order valence-electron chi connectivity index (χ1n) is 5.51. The molecule has 5 heteroatoms. The molecule has 0 aliphatic heterocycles. The third-order valence-corrected chi connectivity index (χ3v) is 3.04. The molecule has 2 rings (SSSR count). The minimum absolute atomic E-state index is 0.0640. The maximum Gasteiger partial charge on any atom is 0.174 e. The van der Waals surface area contributed by atoms with Crippen LogP contribution in [0.25, 0.3) is 0 Å². The number of Topliss-reactive ketones (excluding diaryl/α,β-unsaturated/α-hetero) is 1. The van der Waals surface area contributed by atoms with Gasteiger partial charge in [0.05, 0.1) is 0 Å². The number of allylic oxidation sites excluding steroid dienone is 1. The van der Waals surface area contributed by atoms with Gasteiger partial charge in [-0.05, 0) is 23.3 Å². The van der Waals surface area contributed by atoms with Crippen LogP contribution in [0.2, 0.25) is 0 Å². The number of benzene rings is 1. The number of aliphatic hydroxyl groups excluding tert-OH is 1. The van der Waals surface area contributed by atoms with Crippen LogP contribution in [0.5, 0.6) is 0 Å². The van der Waals surface area contributed by atoms with Crippen molar-refractivity contribution in [3.8, 4) is 0 Å². The summed E-state index contributed by atoms with van der Waals surface area (Å²) < 4.78 is 26.0. The molecule has 1 aromatic rings. The average Bonchev–Trinajstić information content (AvgIpc) is 2.32. The number of aliphatic hydroxyl groups is 2. The first kappa shape index (κ1) is 12.9. The highest BCUT2D eigenvalue weighted by Gasteiger charge is 2.28. The van der Waals surface area contributed by atoms with Crippen molar-refractivity contribution in [3.63, 3.8) is 0 Å². The molecule has 1 aliphatic rings. The summed E-state index contributed by atoms with van der Waals surface area (Å²) in [7, 11) is 0. The lowest BCUT2D eigenvalue weighted by atomic mass is 9.81. The number of carbonyl (C=O) groups is 1. The van der Waals surface area contributed by atoms with Crippen LogP contribution in [0, 0.1) is 11.6 Å². The Balaban J connectivity index is 2.40. The highest BCUT2D eigenvalue weighted by atomic mass is 19.2. The Labute approximate surface area is 102 Å². The van der Waals surface area contributed by atoms with E-state index in [1.165, 1.54) is 12.1 Å². The van der Waals surface area contributed by atoms with Gasteiger partial charge in [-0.1, -0.05) is 12.1 Å². The number of halogens is 2. The zero-order chi connectivity index (χ0) is 13.3. The first-order valence-corrected chi connectivity index (χ1v) is 5.51. The summed E-state index contributed by atoms with van der Waals surface area (Å²) in [4.78, 5) is 11.4. The normalized spacial score (nSPS) is 20.2. The summed E-state index contributed by atoms with van der Waals surface area (Å²) in [6, 6.07) is 3.29. The van der Waals surface area contributed by atoms with Crippen molar-refractivity contribution in [2.45, 2.75) is 25.0 Å². The summed E-state index contributed by atoms with van der Waals surface area (Å²) >= 11 is 0. The lowest BCUT2D eigenvalue weighted by Gasteiger charge is -2.25. The quantitative estimate of drug-likeness (QED) is 0.623. The fourth-order valence-electron chi connectivity index (χ4n) is 2.13. The molecule has 0 amide bonds. The fraction of sp³-hybridized carbons (Fsp3) is 0.308. The lowest BCUT2D eigenvalue weighted by Crippen LogP contribution is -2.22. The third kappa shape index (κ3) is 2.47. The van der Waals surface area contributed by atoms with Gasteiger partial charge in [-0.2, -0.15) is 0 Å². The molecule has 0 saturated heterocycles. The number of hydrogen-bond donors (Lipinski definition) is 2. The summed E-state index contributed by atoms with van der Waals surface area (Å²) in [5, 5.41) is 18.5. The topological polar surface area (TPSA) is 57.5 Å². The Bertz CT molecular complexity index is 509. The molecule has 18 heavy (non-hydrogen) atoms. The smallest absolute Gasteiger partial charge is 0.174 e. The van der Waals surface area contributed by atoms with Crippen molar-refractivity contribution in [2.75, 3.05) is 0 Å². The molecule has 0 bridgehead atoms. The number of hydrogen-bond acceptors (Lipinski definition) is 3. The Morgan fingerprint density at radius 1 is 1.22 bits per heavy atom. The van der Waals surface area contributed by atoms with Crippen LogP contribution in [0.1, 0.15) is 24.3 Å². The number of ketones is 1. The first-order chi connectivity index (χ1) is 8.49. The van der Waals surface area contributed by atoms with Crippen LogP contribution in [0.3, 0.4) is 0 Å². The van der Waals surface area contributed by atoms with E-state index in [0.717, 1.165) is 12.1 Å². The average molecular weight is 254 g/mol. The Hall–Kier alpha value is -1.59.